The van der Waals surface area contributed by atoms with Crippen molar-refractivity contribution in [3.8, 4) is 0 Å². The Morgan fingerprint density at radius 3 is 2.72 bits per heavy atom. The Kier molecular flexibility index (Phi) is 6.37. The third-order valence-corrected chi connectivity index (χ3v) is 4.40. The number of ether oxygens (including phenoxy) is 2. The minimum Gasteiger partial charge on any atom is -0.447 e. The van der Waals surface area contributed by atoms with Gasteiger partial charge < -0.3 is 19.9 Å². The summed E-state index contributed by atoms with van der Waals surface area (Å²) in [6.07, 6.45) is 0.00859. The third-order valence-electron chi connectivity index (χ3n) is 2.56. The number of carbonyl (C=O) groups excluding carboxylic acids is 1. The van der Waals surface area contributed by atoms with Crippen molar-refractivity contribution in [2.75, 3.05) is 44.5 Å². The molecule has 8 heteroatoms. The third kappa shape index (κ3) is 6.18. The predicted octanol–water partition coefficient (Wildman–Crippen LogP) is -0.844. The molecule has 0 aromatic carbocycles. The molecule has 2 N–H and O–H groups in total. The molecular weight excluding hydrogens is 262 g/mol. The molecule has 1 atom stereocenters. The van der Waals surface area contributed by atoms with E-state index in [9.17, 15) is 13.2 Å². The van der Waals surface area contributed by atoms with Crippen molar-refractivity contribution < 1.29 is 27.8 Å². The van der Waals surface area contributed by atoms with E-state index in [0.717, 1.165) is 0 Å². The number of carbonyl (C=O) groups is 1. The second-order valence-corrected chi connectivity index (χ2v) is 6.35. The Morgan fingerprint density at radius 1 is 1.33 bits per heavy atom. The van der Waals surface area contributed by atoms with Crippen molar-refractivity contribution in [3.05, 3.63) is 0 Å². The van der Waals surface area contributed by atoms with E-state index in [1.54, 1.807) is 0 Å². The number of hydrogen-bond donors (Lipinski definition) is 2. The maximum atomic E-state index is 11.2. The largest absolute Gasteiger partial charge is 0.447 e. The first-order chi connectivity index (χ1) is 8.53. The van der Waals surface area contributed by atoms with Crippen molar-refractivity contribution in [3.63, 3.8) is 0 Å². The number of hydrogen-bond acceptors (Lipinski definition) is 6. The van der Waals surface area contributed by atoms with E-state index in [4.69, 9.17) is 14.6 Å². The molecule has 1 aliphatic rings. The van der Waals surface area contributed by atoms with Crippen LogP contribution in [0, 0.1) is 5.92 Å². The van der Waals surface area contributed by atoms with Crippen LogP contribution in [-0.4, -0.2) is 64.1 Å². The molecule has 1 saturated heterocycles. The first-order valence-corrected chi connectivity index (χ1v) is 7.65. The molecule has 1 aliphatic heterocycles. The van der Waals surface area contributed by atoms with Crippen LogP contribution in [0.25, 0.3) is 0 Å². The summed E-state index contributed by atoms with van der Waals surface area (Å²) in [6.45, 7) is 0.795. The monoisotopic (exact) mass is 281 g/mol. The van der Waals surface area contributed by atoms with Gasteiger partial charge in [0.2, 0.25) is 0 Å². The molecule has 1 amide bonds. The van der Waals surface area contributed by atoms with E-state index >= 15 is 0 Å². The molecule has 0 aliphatic carbocycles. The van der Waals surface area contributed by atoms with Crippen molar-refractivity contribution >= 4 is 15.9 Å². The van der Waals surface area contributed by atoms with E-state index in [-0.39, 0.29) is 43.9 Å². The topological polar surface area (TPSA) is 102 Å². The first-order valence-electron chi connectivity index (χ1n) is 5.83. The Hall–Kier alpha value is -0.860. The van der Waals surface area contributed by atoms with Gasteiger partial charge in [0.25, 0.3) is 0 Å². The summed E-state index contributed by atoms with van der Waals surface area (Å²) in [5.41, 5.74) is 0. The lowest BCUT2D eigenvalue weighted by Crippen LogP contribution is -2.31. The lowest BCUT2D eigenvalue weighted by Gasteiger charge is -2.10. The Balaban J connectivity index is 2.04. The highest BCUT2D eigenvalue weighted by atomic mass is 32.2. The van der Waals surface area contributed by atoms with Gasteiger partial charge in [-0.3, -0.25) is 0 Å². The molecular formula is C10H19NO6S. The summed E-state index contributed by atoms with van der Waals surface area (Å²) in [6, 6.07) is 0. The van der Waals surface area contributed by atoms with Gasteiger partial charge in [0.1, 0.15) is 6.61 Å². The zero-order valence-electron chi connectivity index (χ0n) is 10.1. The van der Waals surface area contributed by atoms with Crippen molar-refractivity contribution in [2.45, 2.75) is 6.42 Å². The van der Waals surface area contributed by atoms with E-state index in [1.807, 2.05) is 0 Å². The lowest BCUT2D eigenvalue weighted by atomic mass is 10.1. The Morgan fingerprint density at radius 2 is 2.11 bits per heavy atom. The number of aliphatic hydroxyl groups excluding tert-OH is 1. The molecule has 0 saturated carbocycles. The minimum absolute atomic E-state index is 0.0202. The van der Waals surface area contributed by atoms with Crippen LogP contribution in [0.2, 0.25) is 0 Å². The molecule has 1 fully saturated rings. The molecule has 0 aromatic heterocycles. The van der Waals surface area contributed by atoms with Gasteiger partial charge in [-0.25, -0.2) is 13.2 Å². The van der Waals surface area contributed by atoms with Crippen LogP contribution in [0.15, 0.2) is 0 Å². The van der Waals surface area contributed by atoms with E-state index in [1.165, 1.54) is 0 Å². The van der Waals surface area contributed by atoms with Crippen LogP contribution in [0.5, 0.6) is 0 Å². The predicted molar refractivity (Wildman–Crippen MR) is 64.0 cm³/mol. The molecule has 1 rings (SSSR count). The van der Waals surface area contributed by atoms with Gasteiger partial charge in [0.15, 0.2) is 9.84 Å². The minimum atomic E-state index is -2.91. The molecule has 0 aromatic rings. The highest BCUT2D eigenvalue weighted by Gasteiger charge is 2.27. The number of rotatable bonds is 7. The highest BCUT2D eigenvalue weighted by molar-refractivity contribution is 7.91. The molecule has 0 spiro atoms. The van der Waals surface area contributed by atoms with Gasteiger partial charge in [-0.15, -0.1) is 0 Å². The summed E-state index contributed by atoms with van der Waals surface area (Å²) in [4.78, 5) is 11.2. The molecule has 0 unspecified atom stereocenters. The van der Waals surface area contributed by atoms with Crippen LogP contribution in [0.1, 0.15) is 6.42 Å². The fraction of sp³-hybridized carbons (Fsp3) is 0.900. The van der Waals surface area contributed by atoms with E-state index in [2.05, 4.69) is 5.32 Å². The van der Waals surface area contributed by atoms with E-state index in [0.29, 0.717) is 13.0 Å². The number of nitrogens with one attached hydrogen (secondary N) is 1. The maximum Gasteiger partial charge on any atom is 0.407 e. The zero-order valence-corrected chi connectivity index (χ0v) is 10.9. The van der Waals surface area contributed by atoms with Crippen LogP contribution in [0.3, 0.4) is 0 Å². The van der Waals surface area contributed by atoms with Gasteiger partial charge in [-0.1, -0.05) is 0 Å². The van der Waals surface area contributed by atoms with Gasteiger partial charge in [-0.2, -0.15) is 0 Å². The summed E-state index contributed by atoms with van der Waals surface area (Å²) < 4.78 is 32.1. The second-order valence-electron chi connectivity index (χ2n) is 4.12. The number of amides is 1. The van der Waals surface area contributed by atoms with Crippen LogP contribution in [-0.2, 0) is 19.3 Å². The average Bonchev–Trinajstić information content (AvgIpc) is 2.66. The number of sulfone groups is 1. The SMILES string of the molecule is O=C(NC[C@@H]1CCS(=O)(=O)C1)OCCOCCO. The van der Waals surface area contributed by atoms with Gasteiger partial charge in [0.05, 0.1) is 31.3 Å². The fourth-order valence-corrected chi connectivity index (χ4v) is 3.53. The van der Waals surface area contributed by atoms with Gasteiger partial charge >= 0.3 is 6.09 Å². The molecule has 0 bridgehead atoms. The summed E-state index contributed by atoms with van der Waals surface area (Å²) >= 11 is 0. The second kappa shape index (κ2) is 7.55. The lowest BCUT2D eigenvalue weighted by molar-refractivity contribution is 0.0535. The van der Waals surface area contributed by atoms with Crippen LogP contribution < -0.4 is 5.32 Å². The number of alkyl carbamates (subject to hydrolysis) is 1. The zero-order chi connectivity index (χ0) is 13.4. The molecule has 7 nitrogen and oxygen atoms in total. The van der Waals surface area contributed by atoms with E-state index < -0.39 is 15.9 Å². The number of aliphatic hydroxyl groups is 1. The molecule has 106 valence electrons. The smallest absolute Gasteiger partial charge is 0.407 e. The van der Waals surface area contributed by atoms with Crippen LogP contribution in [0.4, 0.5) is 4.79 Å². The standard InChI is InChI=1S/C10H19NO6S/c12-2-3-16-4-5-17-10(13)11-7-9-1-6-18(14,15)8-9/h9,12H,1-8H2,(H,11,13)/t9-/m0/s1. The fourth-order valence-electron chi connectivity index (χ4n) is 1.67. The Labute approximate surface area is 106 Å². The van der Waals surface area contributed by atoms with Crippen molar-refractivity contribution in [1.82, 2.24) is 5.32 Å². The normalized spacial score (nSPS) is 21.7. The highest BCUT2D eigenvalue weighted by Crippen LogP contribution is 2.17. The van der Waals surface area contributed by atoms with Gasteiger partial charge in [0, 0.05) is 6.54 Å². The first kappa shape index (κ1) is 15.2. The van der Waals surface area contributed by atoms with Crippen LogP contribution >= 0.6 is 0 Å². The maximum absolute atomic E-state index is 11.2. The molecule has 18 heavy (non-hydrogen) atoms. The quantitative estimate of drug-likeness (QED) is 0.590. The molecule has 1 heterocycles. The summed E-state index contributed by atoms with van der Waals surface area (Å²) in [5, 5.41) is 11.0. The summed E-state index contributed by atoms with van der Waals surface area (Å²) in [7, 11) is -2.91. The molecule has 0 radical (unpaired) electrons. The van der Waals surface area contributed by atoms with Crippen molar-refractivity contribution in [1.29, 1.82) is 0 Å². The average molecular weight is 281 g/mol. The van der Waals surface area contributed by atoms with Crippen molar-refractivity contribution in [2.24, 2.45) is 5.92 Å². The summed E-state index contributed by atoms with van der Waals surface area (Å²) in [5.74, 6) is 0.309. The Bertz CT molecular complexity index is 355. The van der Waals surface area contributed by atoms with Gasteiger partial charge in [-0.05, 0) is 12.3 Å².